The van der Waals surface area contributed by atoms with Crippen LogP contribution in [-0.2, 0) is 0 Å². The van der Waals surface area contributed by atoms with Crippen molar-refractivity contribution in [2.75, 3.05) is 23.3 Å². The fraction of sp³-hybridized carbons (Fsp3) is 0.389. The Labute approximate surface area is 137 Å². The topological polar surface area (TPSA) is 64.8 Å². The van der Waals surface area contributed by atoms with Crippen molar-refractivity contribution in [2.45, 2.75) is 26.7 Å². The predicted molar refractivity (Wildman–Crippen MR) is 91.8 cm³/mol. The van der Waals surface area contributed by atoms with Crippen LogP contribution in [0.1, 0.15) is 31.2 Å². The number of anilines is 3. The van der Waals surface area contributed by atoms with Gasteiger partial charge in [-0.2, -0.15) is 5.26 Å². The monoisotopic (exact) mass is 307 g/mol. The second-order valence-corrected chi connectivity index (χ2v) is 6.14. The van der Waals surface area contributed by atoms with E-state index in [-0.39, 0.29) is 0 Å². The van der Waals surface area contributed by atoms with Crippen molar-refractivity contribution in [1.82, 2.24) is 9.97 Å². The summed E-state index contributed by atoms with van der Waals surface area (Å²) in [5.41, 5.74) is 1.57. The SMILES string of the molecule is Cc1nc(Nc2ccc(C#N)cc2)cc(N2CCC(C)CC2)n1. The van der Waals surface area contributed by atoms with Gasteiger partial charge in [-0.25, -0.2) is 9.97 Å². The van der Waals surface area contributed by atoms with Crippen molar-refractivity contribution in [3.63, 3.8) is 0 Å². The van der Waals surface area contributed by atoms with Gasteiger partial charge in [-0.15, -0.1) is 0 Å². The van der Waals surface area contributed by atoms with Crippen LogP contribution in [0, 0.1) is 24.2 Å². The molecule has 1 aromatic carbocycles. The summed E-state index contributed by atoms with van der Waals surface area (Å²) in [5.74, 6) is 3.33. The minimum absolute atomic E-state index is 0.651. The largest absolute Gasteiger partial charge is 0.356 e. The molecule has 1 aliphatic heterocycles. The van der Waals surface area contributed by atoms with Crippen LogP contribution in [0.4, 0.5) is 17.3 Å². The molecular formula is C18H21N5. The lowest BCUT2D eigenvalue weighted by Gasteiger charge is -2.31. The molecule has 0 spiro atoms. The fourth-order valence-electron chi connectivity index (χ4n) is 2.79. The molecule has 1 aliphatic rings. The number of nitrogens with one attached hydrogen (secondary N) is 1. The molecule has 118 valence electrons. The molecule has 0 atom stereocenters. The molecule has 0 saturated carbocycles. The molecule has 0 unspecified atom stereocenters. The van der Waals surface area contributed by atoms with E-state index in [1.54, 1.807) is 12.1 Å². The molecule has 0 radical (unpaired) electrons. The van der Waals surface area contributed by atoms with E-state index >= 15 is 0 Å². The Morgan fingerprint density at radius 1 is 1.17 bits per heavy atom. The minimum atomic E-state index is 0.651. The number of rotatable bonds is 3. The van der Waals surface area contributed by atoms with E-state index in [4.69, 9.17) is 5.26 Å². The molecule has 0 aliphatic carbocycles. The molecule has 23 heavy (non-hydrogen) atoms. The van der Waals surface area contributed by atoms with E-state index in [1.807, 2.05) is 25.1 Å². The highest BCUT2D eigenvalue weighted by molar-refractivity contribution is 5.60. The summed E-state index contributed by atoms with van der Waals surface area (Å²) in [4.78, 5) is 11.4. The molecule has 5 nitrogen and oxygen atoms in total. The smallest absolute Gasteiger partial charge is 0.136 e. The summed E-state index contributed by atoms with van der Waals surface area (Å²) in [6, 6.07) is 11.5. The first-order chi connectivity index (χ1) is 11.1. The Morgan fingerprint density at radius 2 is 1.87 bits per heavy atom. The normalized spacial score (nSPS) is 15.3. The van der Waals surface area contributed by atoms with Crippen molar-refractivity contribution in [3.05, 3.63) is 41.7 Å². The third-order valence-electron chi connectivity index (χ3n) is 4.22. The van der Waals surface area contributed by atoms with Gasteiger partial charge in [0.1, 0.15) is 17.5 Å². The lowest BCUT2D eigenvalue weighted by Crippen LogP contribution is -2.33. The summed E-state index contributed by atoms with van der Waals surface area (Å²) in [5, 5.41) is 12.2. The molecule has 1 aromatic heterocycles. The summed E-state index contributed by atoms with van der Waals surface area (Å²) in [6.45, 7) is 6.32. The number of hydrogen-bond acceptors (Lipinski definition) is 5. The third kappa shape index (κ3) is 3.78. The van der Waals surface area contributed by atoms with Crippen molar-refractivity contribution in [3.8, 4) is 6.07 Å². The molecular weight excluding hydrogens is 286 g/mol. The summed E-state index contributed by atoms with van der Waals surface area (Å²) in [7, 11) is 0. The van der Waals surface area contributed by atoms with E-state index in [0.29, 0.717) is 5.56 Å². The van der Waals surface area contributed by atoms with Crippen molar-refractivity contribution in [2.24, 2.45) is 5.92 Å². The van der Waals surface area contributed by atoms with E-state index in [2.05, 4.69) is 33.2 Å². The lowest BCUT2D eigenvalue weighted by molar-refractivity contribution is 0.436. The third-order valence-corrected chi connectivity index (χ3v) is 4.22. The first-order valence-corrected chi connectivity index (χ1v) is 8.02. The number of benzene rings is 1. The Hall–Kier alpha value is -2.61. The van der Waals surface area contributed by atoms with Gasteiger partial charge in [-0.1, -0.05) is 6.92 Å². The highest BCUT2D eigenvalue weighted by Gasteiger charge is 2.18. The van der Waals surface area contributed by atoms with E-state index in [1.165, 1.54) is 12.8 Å². The number of piperidine rings is 1. The van der Waals surface area contributed by atoms with Crippen LogP contribution >= 0.6 is 0 Å². The summed E-state index contributed by atoms with van der Waals surface area (Å²) < 4.78 is 0. The molecule has 0 amide bonds. The highest BCUT2D eigenvalue weighted by Crippen LogP contribution is 2.24. The molecule has 5 heteroatoms. The molecule has 1 N–H and O–H groups in total. The van der Waals surface area contributed by atoms with Crippen molar-refractivity contribution >= 4 is 17.3 Å². The highest BCUT2D eigenvalue weighted by atomic mass is 15.2. The van der Waals surface area contributed by atoms with Crippen molar-refractivity contribution < 1.29 is 0 Å². The summed E-state index contributed by atoms with van der Waals surface area (Å²) >= 11 is 0. The van der Waals surface area contributed by atoms with Gasteiger partial charge < -0.3 is 10.2 Å². The standard InChI is InChI=1S/C18H21N5/c1-13-7-9-23(10-8-13)18-11-17(20-14(2)21-18)22-16-5-3-15(12-19)4-6-16/h3-6,11,13H,7-10H2,1-2H3,(H,20,21,22). The van der Waals surface area contributed by atoms with Gasteiger partial charge in [0.25, 0.3) is 0 Å². The maximum Gasteiger partial charge on any atom is 0.136 e. The molecule has 1 saturated heterocycles. The predicted octanol–water partition coefficient (Wildman–Crippen LogP) is 3.64. The maximum atomic E-state index is 8.86. The van der Waals surface area contributed by atoms with Crippen LogP contribution in [0.25, 0.3) is 0 Å². The number of nitriles is 1. The summed E-state index contributed by atoms with van der Waals surface area (Å²) in [6.07, 6.45) is 2.42. The Morgan fingerprint density at radius 3 is 2.52 bits per heavy atom. The zero-order valence-electron chi connectivity index (χ0n) is 13.6. The second-order valence-electron chi connectivity index (χ2n) is 6.14. The number of nitrogens with zero attached hydrogens (tertiary/aromatic N) is 4. The van der Waals surface area contributed by atoms with Crippen LogP contribution in [0.2, 0.25) is 0 Å². The Balaban J connectivity index is 1.78. The van der Waals surface area contributed by atoms with Gasteiger partial charge in [0, 0.05) is 24.8 Å². The van der Waals surface area contributed by atoms with E-state index < -0.39 is 0 Å². The van der Waals surface area contributed by atoms with Crippen LogP contribution in [-0.4, -0.2) is 23.1 Å². The lowest BCUT2D eigenvalue weighted by atomic mass is 9.99. The minimum Gasteiger partial charge on any atom is -0.356 e. The Kier molecular flexibility index (Phi) is 4.42. The average molecular weight is 307 g/mol. The van der Waals surface area contributed by atoms with Crippen LogP contribution in [0.3, 0.4) is 0 Å². The van der Waals surface area contributed by atoms with Crippen LogP contribution in [0.15, 0.2) is 30.3 Å². The van der Waals surface area contributed by atoms with Gasteiger partial charge >= 0.3 is 0 Å². The molecule has 0 bridgehead atoms. The maximum absolute atomic E-state index is 8.86. The quantitative estimate of drug-likeness (QED) is 0.938. The van der Waals surface area contributed by atoms with E-state index in [0.717, 1.165) is 42.2 Å². The number of hydrogen-bond donors (Lipinski definition) is 1. The van der Waals surface area contributed by atoms with E-state index in [9.17, 15) is 0 Å². The zero-order valence-corrected chi connectivity index (χ0v) is 13.6. The molecule has 3 rings (SSSR count). The molecule has 2 heterocycles. The van der Waals surface area contributed by atoms with Gasteiger partial charge in [-0.3, -0.25) is 0 Å². The number of aryl methyl sites for hydroxylation is 1. The molecule has 2 aromatic rings. The first-order valence-electron chi connectivity index (χ1n) is 8.02. The van der Waals surface area contributed by atoms with Gasteiger partial charge in [-0.05, 0) is 49.9 Å². The van der Waals surface area contributed by atoms with Gasteiger partial charge in [0.05, 0.1) is 11.6 Å². The Bertz CT molecular complexity index is 709. The number of aromatic nitrogens is 2. The van der Waals surface area contributed by atoms with Crippen LogP contribution < -0.4 is 10.2 Å². The van der Waals surface area contributed by atoms with Crippen molar-refractivity contribution in [1.29, 1.82) is 5.26 Å². The van der Waals surface area contributed by atoms with Gasteiger partial charge in [0.15, 0.2) is 0 Å². The second kappa shape index (κ2) is 6.66. The van der Waals surface area contributed by atoms with Gasteiger partial charge in [0.2, 0.25) is 0 Å². The zero-order chi connectivity index (χ0) is 16.2. The first kappa shape index (κ1) is 15.3. The molecule has 1 fully saturated rings. The van der Waals surface area contributed by atoms with Crippen LogP contribution in [0.5, 0.6) is 0 Å². The average Bonchev–Trinajstić information content (AvgIpc) is 2.56. The fourth-order valence-corrected chi connectivity index (χ4v) is 2.79.